The number of hydrogen-bond donors (Lipinski definition) is 1. The zero-order valence-electron chi connectivity index (χ0n) is 13.1. The molecule has 4 saturated carbocycles. The van der Waals surface area contributed by atoms with Crippen LogP contribution in [0.3, 0.4) is 0 Å². The molecule has 114 valence electrons. The van der Waals surface area contributed by atoms with Crippen molar-refractivity contribution in [2.24, 2.45) is 39.9 Å². The molecule has 0 amide bonds. The molecule has 5 aliphatic rings. The molecule has 0 radical (unpaired) electrons. The maximum absolute atomic E-state index is 12.4. The minimum Gasteiger partial charge on any atom is -0.392 e. The fourth-order valence-corrected chi connectivity index (χ4v) is 7.29. The fourth-order valence-electron chi connectivity index (χ4n) is 7.29. The molecule has 0 unspecified atom stereocenters. The van der Waals surface area contributed by atoms with E-state index in [0.29, 0.717) is 40.8 Å². The van der Waals surface area contributed by atoms with Crippen LogP contribution in [0.2, 0.25) is 0 Å². The Bertz CT molecular complexity index is 566. The van der Waals surface area contributed by atoms with Crippen molar-refractivity contribution in [2.75, 3.05) is 0 Å². The lowest BCUT2D eigenvalue weighted by molar-refractivity contribution is -0.148. The van der Waals surface area contributed by atoms with Crippen molar-refractivity contribution < 1.29 is 9.90 Å². The van der Waals surface area contributed by atoms with E-state index in [4.69, 9.17) is 0 Å². The molecule has 0 aromatic rings. The predicted molar refractivity (Wildman–Crippen MR) is 80.5 cm³/mol. The summed E-state index contributed by atoms with van der Waals surface area (Å²) in [6, 6.07) is 0. The van der Waals surface area contributed by atoms with Crippen molar-refractivity contribution in [3.8, 4) is 0 Å². The molecule has 2 nitrogen and oxygen atoms in total. The van der Waals surface area contributed by atoms with Gasteiger partial charge in [0.15, 0.2) is 0 Å². The standard InChI is InChI=1S/C19H26O2/c1-17-7-5-11-10-19(11,17)8-6-12-13-3-4-15(20)18(13,2)16(21)9-14(12)17/h6,8,11-14,16,21H,3-5,7,9-10H2,1-2H3/t11-,12+,13+,14+,16-,17-,18+,19+/m1/s1. The fraction of sp³-hybridized carbons (Fsp3) is 0.842. The third kappa shape index (κ3) is 1.18. The first-order valence-electron chi connectivity index (χ1n) is 8.84. The van der Waals surface area contributed by atoms with E-state index < -0.39 is 11.5 Å². The van der Waals surface area contributed by atoms with Gasteiger partial charge in [-0.05, 0) is 73.5 Å². The number of aliphatic hydroxyl groups is 1. The van der Waals surface area contributed by atoms with Gasteiger partial charge in [-0.2, -0.15) is 0 Å². The van der Waals surface area contributed by atoms with Gasteiger partial charge >= 0.3 is 0 Å². The quantitative estimate of drug-likeness (QED) is 0.693. The molecule has 8 atom stereocenters. The Morgan fingerprint density at radius 3 is 2.81 bits per heavy atom. The smallest absolute Gasteiger partial charge is 0.141 e. The lowest BCUT2D eigenvalue weighted by atomic mass is 9.48. The summed E-state index contributed by atoms with van der Waals surface area (Å²) in [6.07, 6.45) is 11.2. The molecule has 2 heteroatoms. The monoisotopic (exact) mass is 286 g/mol. The lowest BCUT2D eigenvalue weighted by Gasteiger charge is -2.56. The van der Waals surface area contributed by atoms with E-state index in [9.17, 15) is 9.90 Å². The Kier molecular flexibility index (Phi) is 2.13. The summed E-state index contributed by atoms with van der Waals surface area (Å²) >= 11 is 0. The van der Waals surface area contributed by atoms with Crippen LogP contribution in [0.4, 0.5) is 0 Å². The van der Waals surface area contributed by atoms with Crippen LogP contribution in [-0.2, 0) is 4.79 Å². The third-order valence-corrected chi connectivity index (χ3v) is 8.81. The van der Waals surface area contributed by atoms with Crippen LogP contribution in [-0.4, -0.2) is 17.0 Å². The second-order valence-electron chi connectivity index (χ2n) is 9.04. The Labute approximate surface area is 127 Å². The maximum atomic E-state index is 12.4. The molecule has 1 spiro atoms. The Hall–Kier alpha value is -0.630. The number of ketones is 1. The SMILES string of the molecule is C[C@@]12C(=O)CC[C@H]1[C@@H]1C=C[C@]34C[C@H]3CC[C@]4(C)[C@H]1C[C@H]2O. The summed E-state index contributed by atoms with van der Waals surface area (Å²) in [7, 11) is 0. The zero-order valence-corrected chi connectivity index (χ0v) is 13.1. The third-order valence-electron chi connectivity index (χ3n) is 8.81. The molecule has 5 aliphatic carbocycles. The van der Waals surface area contributed by atoms with Crippen molar-refractivity contribution in [1.82, 2.24) is 0 Å². The maximum Gasteiger partial charge on any atom is 0.141 e. The molecule has 0 aromatic carbocycles. The Balaban J connectivity index is 1.62. The highest BCUT2D eigenvalue weighted by molar-refractivity contribution is 5.88. The number of Topliss-reactive ketones (excluding diaryl/α,β-unsaturated/α-hetero) is 1. The minimum atomic E-state index is -0.464. The van der Waals surface area contributed by atoms with Crippen molar-refractivity contribution in [3.05, 3.63) is 12.2 Å². The largest absolute Gasteiger partial charge is 0.392 e. The summed E-state index contributed by atoms with van der Waals surface area (Å²) in [5.74, 6) is 2.72. The predicted octanol–water partition coefficient (Wildman–Crippen LogP) is 3.35. The van der Waals surface area contributed by atoms with E-state index in [2.05, 4.69) is 19.1 Å². The van der Waals surface area contributed by atoms with Gasteiger partial charge in [0, 0.05) is 6.42 Å². The van der Waals surface area contributed by atoms with Crippen LogP contribution in [0, 0.1) is 39.9 Å². The summed E-state index contributed by atoms with van der Waals surface area (Å²) in [5.41, 5.74) is 0.378. The van der Waals surface area contributed by atoms with Crippen LogP contribution in [0.5, 0.6) is 0 Å². The molecule has 0 bridgehead atoms. The number of carbonyl (C=O) groups is 1. The summed E-state index contributed by atoms with van der Waals surface area (Å²) in [6.45, 7) is 4.54. The highest BCUT2D eigenvalue weighted by Gasteiger charge is 2.73. The lowest BCUT2D eigenvalue weighted by Crippen LogP contribution is -2.56. The first kappa shape index (κ1) is 12.9. The van der Waals surface area contributed by atoms with Gasteiger partial charge in [0.2, 0.25) is 0 Å². The van der Waals surface area contributed by atoms with Gasteiger partial charge in [-0.1, -0.05) is 19.1 Å². The van der Waals surface area contributed by atoms with Gasteiger partial charge in [-0.15, -0.1) is 0 Å². The first-order valence-corrected chi connectivity index (χ1v) is 8.84. The van der Waals surface area contributed by atoms with E-state index in [-0.39, 0.29) is 0 Å². The molecule has 21 heavy (non-hydrogen) atoms. The topological polar surface area (TPSA) is 37.3 Å². The Morgan fingerprint density at radius 2 is 2.05 bits per heavy atom. The second-order valence-corrected chi connectivity index (χ2v) is 9.04. The molecule has 0 aliphatic heterocycles. The average Bonchev–Trinajstić information content (AvgIpc) is 2.98. The molecule has 0 saturated heterocycles. The van der Waals surface area contributed by atoms with Crippen LogP contribution in [0.25, 0.3) is 0 Å². The van der Waals surface area contributed by atoms with Crippen LogP contribution in [0.1, 0.15) is 52.4 Å². The number of hydrogen-bond acceptors (Lipinski definition) is 2. The molecule has 1 N–H and O–H groups in total. The highest BCUT2D eigenvalue weighted by atomic mass is 16.3. The molecular formula is C19H26O2. The van der Waals surface area contributed by atoms with E-state index in [0.717, 1.165) is 18.8 Å². The van der Waals surface area contributed by atoms with Crippen LogP contribution >= 0.6 is 0 Å². The molecule has 0 heterocycles. The minimum absolute atomic E-state index is 0.313. The molecule has 5 rings (SSSR count). The van der Waals surface area contributed by atoms with Crippen molar-refractivity contribution in [3.63, 3.8) is 0 Å². The van der Waals surface area contributed by atoms with Gasteiger partial charge in [0.05, 0.1) is 11.5 Å². The molecule has 0 aromatic heterocycles. The van der Waals surface area contributed by atoms with E-state index in [1.165, 1.54) is 19.3 Å². The summed E-state index contributed by atoms with van der Waals surface area (Å²) in [4.78, 5) is 12.4. The normalized spacial score (nSPS) is 63.8. The number of aliphatic hydroxyl groups excluding tert-OH is 1. The number of fused-ring (bicyclic) bond motifs is 4. The van der Waals surface area contributed by atoms with E-state index in [1.807, 2.05) is 6.92 Å². The molecular weight excluding hydrogens is 260 g/mol. The summed E-state index contributed by atoms with van der Waals surface area (Å²) in [5, 5.41) is 10.8. The average molecular weight is 286 g/mol. The first-order chi connectivity index (χ1) is 9.93. The van der Waals surface area contributed by atoms with Crippen LogP contribution in [0.15, 0.2) is 12.2 Å². The second kappa shape index (κ2) is 3.48. The molecule has 4 fully saturated rings. The van der Waals surface area contributed by atoms with Gasteiger partial charge in [0.25, 0.3) is 0 Å². The highest BCUT2D eigenvalue weighted by Crippen LogP contribution is 2.79. The van der Waals surface area contributed by atoms with Gasteiger partial charge in [-0.3, -0.25) is 4.79 Å². The van der Waals surface area contributed by atoms with Gasteiger partial charge in [-0.25, -0.2) is 0 Å². The van der Waals surface area contributed by atoms with Crippen molar-refractivity contribution >= 4 is 5.78 Å². The number of rotatable bonds is 0. The van der Waals surface area contributed by atoms with Gasteiger partial charge in [0.1, 0.15) is 5.78 Å². The van der Waals surface area contributed by atoms with Crippen molar-refractivity contribution in [1.29, 1.82) is 0 Å². The number of allylic oxidation sites excluding steroid dienone is 2. The van der Waals surface area contributed by atoms with E-state index in [1.54, 1.807) is 0 Å². The van der Waals surface area contributed by atoms with E-state index >= 15 is 0 Å². The number of carbonyl (C=O) groups excluding carboxylic acids is 1. The van der Waals surface area contributed by atoms with Crippen molar-refractivity contribution in [2.45, 2.75) is 58.5 Å². The zero-order chi connectivity index (χ0) is 14.6. The van der Waals surface area contributed by atoms with Crippen LogP contribution < -0.4 is 0 Å². The Morgan fingerprint density at radius 1 is 1.24 bits per heavy atom. The van der Waals surface area contributed by atoms with Gasteiger partial charge < -0.3 is 5.11 Å². The summed E-state index contributed by atoms with van der Waals surface area (Å²) < 4.78 is 0.